The maximum Gasteiger partial charge on any atom is 0.224 e. The number of amides is 1. The van der Waals surface area contributed by atoms with Crippen LogP contribution in [0.5, 0.6) is 0 Å². The fourth-order valence-electron chi connectivity index (χ4n) is 1.54. The van der Waals surface area contributed by atoms with Gasteiger partial charge in [0, 0.05) is 17.3 Å². The standard InChI is InChI=1S/C13H13BrN2O2/c1-9-2-4-12(11(14)6-9)16-13(17)5-3-10-7-18-8-15-10/h2,4,6-8H,3,5H2,1H3,(H,16,17). The highest BCUT2D eigenvalue weighted by Crippen LogP contribution is 2.23. The van der Waals surface area contributed by atoms with Gasteiger partial charge in [0.1, 0.15) is 6.26 Å². The van der Waals surface area contributed by atoms with Crippen molar-refractivity contribution in [2.24, 2.45) is 0 Å². The van der Waals surface area contributed by atoms with Crippen molar-refractivity contribution < 1.29 is 9.21 Å². The smallest absolute Gasteiger partial charge is 0.224 e. The molecule has 0 fully saturated rings. The summed E-state index contributed by atoms with van der Waals surface area (Å²) in [6, 6.07) is 5.80. The lowest BCUT2D eigenvalue weighted by atomic mass is 10.2. The lowest BCUT2D eigenvalue weighted by Gasteiger charge is -2.07. The Kier molecular flexibility index (Phi) is 4.15. The molecule has 0 radical (unpaired) electrons. The third kappa shape index (κ3) is 3.43. The van der Waals surface area contributed by atoms with Crippen LogP contribution in [0, 0.1) is 6.92 Å². The predicted octanol–water partition coefficient (Wildman–Crippen LogP) is 3.32. The van der Waals surface area contributed by atoms with Gasteiger partial charge in [-0.2, -0.15) is 0 Å². The summed E-state index contributed by atoms with van der Waals surface area (Å²) < 4.78 is 5.73. The van der Waals surface area contributed by atoms with Crippen molar-refractivity contribution in [3.63, 3.8) is 0 Å². The highest BCUT2D eigenvalue weighted by Gasteiger charge is 2.07. The Morgan fingerprint density at radius 3 is 3.00 bits per heavy atom. The number of benzene rings is 1. The van der Waals surface area contributed by atoms with Gasteiger partial charge in [-0.25, -0.2) is 4.98 Å². The minimum atomic E-state index is -0.0393. The van der Waals surface area contributed by atoms with Gasteiger partial charge >= 0.3 is 0 Å². The Morgan fingerprint density at radius 2 is 2.33 bits per heavy atom. The third-order valence-corrected chi connectivity index (χ3v) is 3.15. The van der Waals surface area contributed by atoms with E-state index in [1.54, 1.807) is 6.26 Å². The van der Waals surface area contributed by atoms with E-state index in [0.717, 1.165) is 21.4 Å². The van der Waals surface area contributed by atoms with Gasteiger partial charge in [0.2, 0.25) is 5.91 Å². The summed E-state index contributed by atoms with van der Waals surface area (Å²) >= 11 is 3.42. The first kappa shape index (κ1) is 12.8. The van der Waals surface area contributed by atoms with Crippen LogP contribution in [-0.2, 0) is 11.2 Å². The quantitative estimate of drug-likeness (QED) is 0.942. The molecular weight excluding hydrogens is 296 g/mol. The van der Waals surface area contributed by atoms with Gasteiger partial charge in [0.05, 0.1) is 11.4 Å². The van der Waals surface area contributed by atoms with Gasteiger partial charge in [-0.3, -0.25) is 4.79 Å². The van der Waals surface area contributed by atoms with Gasteiger partial charge in [-0.05, 0) is 40.5 Å². The summed E-state index contributed by atoms with van der Waals surface area (Å²) in [7, 11) is 0. The van der Waals surface area contributed by atoms with E-state index in [0.29, 0.717) is 12.8 Å². The molecule has 0 aliphatic rings. The second-order valence-corrected chi connectivity index (χ2v) is 4.87. The fourth-order valence-corrected chi connectivity index (χ4v) is 2.13. The molecule has 1 aromatic carbocycles. The number of hydrogen-bond donors (Lipinski definition) is 1. The SMILES string of the molecule is Cc1ccc(NC(=O)CCc2cocn2)c(Br)c1. The van der Waals surface area contributed by atoms with E-state index in [1.807, 2.05) is 25.1 Å². The molecule has 2 rings (SSSR count). The molecule has 1 N–H and O–H groups in total. The molecule has 0 bridgehead atoms. The number of anilines is 1. The van der Waals surface area contributed by atoms with Crippen molar-refractivity contribution in [2.75, 3.05) is 5.32 Å². The molecule has 1 heterocycles. The predicted molar refractivity (Wildman–Crippen MR) is 72.3 cm³/mol. The van der Waals surface area contributed by atoms with E-state index < -0.39 is 0 Å². The van der Waals surface area contributed by atoms with E-state index in [9.17, 15) is 4.79 Å². The summed E-state index contributed by atoms with van der Waals surface area (Å²) in [6.45, 7) is 2.00. The molecule has 0 aliphatic heterocycles. The van der Waals surface area contributed by atoms with Crippen molar-refractivity contribution in [1.82, 2.24) is 4.98 Å². The average molecular weight is 309 g/mol. The fraction of sp³-hybridized carbons (Fsp3) is 0.231. The lowest BCUT2D eigenvalue weighted by molar-refractivity contribution is -0.116. The second kappa shape index (κ2) is 5.82. The molecule has 0 aliphatic carbocycles. The van der Waals surface area contributed by atoms with Crippen LogP contribution in [0.25, 0.3) is 0 Å². The number of aryl methyl sites for hydroxylation is 2. The lowest BCUT2D eigenvalue weighted by Crippen LogP contribution is -2.12. The first-order valence-electron chi connectivity index (χ1n) is 5.58. The summed E-state index contributed by atoms with van der Waals surface area (Å²) in [4.78, 5) is 15.7. The van der Waals surface area contributed by atoms with E-state index in [2.05, 4.69) is 26.2 Å². The maximum absolute atomic E-state index is 11.8. The van der Waals surface area contributed by atoms with E-state index >= 15 is 0 Å². The van der Waals surface area contributed by atoms with Gasteiger partial charge in [-0.1, -0.05) is 6.07 Å². The van der Waals surface area contributed by atoms with Crippen molar-refractivity contribution in [1.29, 1.82) is 0 Å². The number of nitrogens with zero attached hydrogens (tertiary/aromatic N) is 1. The van der Waals surface area contributed by atoms with Crippen LogP contribution in [0.2, 0.25) is 0 Å². The van der Waals surface area contributed by atoms with Gasteiger partial charge in [-0.15, -0.1) is 0 Å². The first-order chi connectivity index (χ1) is 8.65. The Bertz CT molecular complexity index is 538. The topological polar surface area (TPSA) is 55.1 Å². The van der Waals surface area contributed by atoms with Gasteiger partial charge in [0.25, 0.3) is 0 Å². The number of carbonyl (C=O) groups is 1. The van der Waals surface area contributed by atoms with Crippen molar-refractivity contribution >= 4 is 27.5 Å². The summed E-state index contributed by atoms with van der Waals surface area (Å²) in [5.74, 6) is -0.0393. The number of halogens is 1. The van der Waals surface area contributed by atoms with E-state index in [-0.39, 0.29) is 5.91 Å². The van der Waals surface area contributed by atoms with Crippen molar-refractivity contribution in [3.8, 4) is 0 Å². The van der Waals surface area contributed by atoms with Crippen LogP contribution in [0.1, 0.15) is 17.7 Å². The van der Waals surface area contributed by atoms with Gasteiger partial charge < -0.3 is 9.73 Å². The molecule has 4 nitrogen and oxygen atoms in total. The molecule has 0 unspecified atom stereocenters. The largest absolute Gasteiger partial charge is 0.451 e. The minimum absolute atomic E-state index is 0.0393. The number of hydrogen-bond acceptors (Lipinski definition) is 3. The number of aromatic nitrogens is 1. The normalized spacial score (nSPS) is 10.3. The zero-order chi connectivity index (χ0) is 13.0. The zero-order valence-electron chi connectivity index (χ0n) is 9.94. The van der Waals surface area contributed by atoms with Gasteiger partial charge in [0.15, 0.2) is 6.39 Å². The van der Waals surface area contributed by atoms with Crippen molar-refractivity contribution in [2.45, 2.75) is 19.8 Å². The summed E-state index contributed by atoms with van der Waals surface area (Å²) in [5.41, 5.74) is 2.71. The number of carbonyl (C=O) groups excluding carboxylic acids is 1. The Morgan fingerprint density at radius 1 is 1.50 bits per heavy atom. The molecule has 0 atom stereocenters. The minimum Gasteiger partial charge on any atom is -0.451 e. The first-order valence-corrected chi connectivity index (χ1v) is 6.37. The number of oxazole rings is 1. The van der Waals surface area contributed by atoms with Crippen LogP contribution >= 0.6 is 15.9 Å². The van der Waals surface area contributed by atoms with Crippen LogP contribution in [-0.4, -0.2) is 10.9 Å². The highest BCUT2D eigenvalue weighted by molar-refractivity contribution is 9.10. The molecule has 1 amide bonds. The van der Waals surface area contributed by atoms with E-state index in [4.69, 9.17) is 4.42 Å². The van der Waals surface area contributed by atoms with Crippen LogP contribution in [0.3, 0.4) is 0 Å². The van der Waals surface area contributed by atoms with Crippen LogP contribution in [0.4, 0.5) is 5.69 Å². The Hall–Kier alpha value is -1.62. The van der Waals surface area contributed by atoms with Crippen molar-refractivity contribution in [3.05, 3.63) is 46.6 Å². The molecular formula is C13H13BrN2O2. The second-order valence-electron chi connectivity index (χ2n) is 4.01. The maximum atomic E-state index is 11.8. The summed E-state index contributed by atoms with van der Waals surface area (Å²) in [5, 5.41) is 2.86. The molecule has 0 spiro atoms. The Balaban J connectivity index is 1.91. The number of rotatable bonds is 4. The monoisotopic (exact) mass is 308 g/mol. The number of nitrogens with one attached hydrogen (secondary N) is 1. The summed E-state index contributed by atoms with van der Waals surface area (Å²) in [6.07, 6.45) is 3.87. The van der Waals surface area contributed by atoms with Crippen LogP contribution in [0.15, 0.2) is 39.7 Å². The highest BCUT2D eigenvalue weighted by atomic mass is 79.9. The molecule has 18 heavy (non-hydrogen) atoms. The third-order valence-electron chi connectivity index (χ3n) is 2.49. The molecule has 94 valence electrons. The van der Waals surface area contributed by atoms with E-state index in [1.165, 1.54) is 6.39 Å². The van der Waals surface area contributed by atoms with Crippen LogP contribution < -0.4 is 5.32 Å². The molecule has 5 heteroatoms. The zero-order valence-corrected chi connectivity index (χ0v) is 11.5. The molecule has 1 aromatic heterocycles. The Labute approximate surface area is 114 Å². The molecule has 0 saturated carbocycles. The molecule has 0 saturated heterocycles. The average Bonchev–Trinajstić information content (AvgIpc) is 2.83. The molecule has 2 aromatic rings.